The highest BCUT2D eigenvalue weighted by Gasteiger charge is 2.56. The van der Waals surface area contributed by atoms with Gasteiger partial charge in [0.05, 0.1) is 5.60 Å². The first-order valence-electron chi connectivity index (χ1n) is 13.4. The number of benzene rings is 3. The number of likely N-dealkylation sites (tertiary alicyclic amines) is 2. The van der Waals surface area contributed by atoms with Crippen LogP contribution in [0.15, 0.2) is 91.0 Å². The van der Waals surface area contributed by atoms with E-state index in [1.807, 2.05) is 42.5 Å². The highest BCUT2D eigenvalue weighted by molar-refractivity contribution is 5.95. The molecule has 0 aromatic heterocycles. The minimum Gasteiger partial charge on any atom is -0.385 e. The number of piperidine rings is 1. The molecule has 2 fully saturated rings. The second-order valence-electron chi connectivity index (χ2n) is 10.8. The Morgan fingerprint density at radius 3 is 1.75 bits per heavy atom. The molecule has 5 rings (SSSR count). The van der Waals surface area contributed by atoms with E-state index in [2.05, 4.69) is 72.2 Å². The molecular weight excluding hydrogens is 444 g/mol. The molecule has 4 nitrogen and oxygen atoms in total. The van der Waals surface area contributed by atoms with Crippen LogP contribution in [0.5, 0.6) is 0 Å². The lowest BCUT2D eigenvalue weighted by molar-refractivity contribution is -0.132. The van der Waals surface area contributed by atoms with Crippen LogP contribution in [0.25, 0.3) is 0 Å². The summed E-state index contributed by atoms with van der Waals surface area (Å²) in [4.78, 5) is 18.8. The fourth-order valence-electron chi connectivity index (χ4n) is 6.42. The summed E-state index contributed by atoms with van der Waals surface area (Å²) in [6.45, 7) is 7.66. The van der Waals surface area contributed by atoms with E-state index in [1.54, 1.807) is 0 Å². The molecule has 3 aromatic carbocycles. The Morgan fingerprint density at radius 1 is 0.806 bits per heavy atom. The summed E-state index contributed by atoms with van der Waals surface area (Å²) in [6, 6.07) is 31.0. The van der Waals surface area contributed by atoms with Crippen molar-refractivity contribution in [3.8, 4) is 0 Å². The number of carbonyl (C=O) groups is 1. The van der Waals surface area contributed by atoms with Gasteiger partial charge in [0, 0.05) is 31.6 Å². The third kappa shape index (κ3) is 4.38. The van der Waals surface area contributed by atoms with E-state index in [1.165, 1.54) is 0 Å². The minimum absolute atomic E-state index is 0.158. The highest BCUT2D eigenvalue weighted by atomic mass is 16.3. The molecule has 3 aromatic rings. The second kappa shape index (κ2) is 10.2. The average Bonchev–Trinajstić information content (AvgIpc) is 3.23. The fourth-order valence-corrected chi connectivity index (χ4v) is 6.42. The molecule has 2 saturated heterocycles. The molecule has 36 heavy (non-hydrogen) atoms. The van der Waals surface area contributed by atoms with Crippen molar-refractivity contribution in [3.05, 3.63) is 108 Å². The summed E-state index contributed by atoms with van der Waals surface area (Å²) < 4.78 is 0. The van der Waals surface area contributed by atoms with Crippen LogP contribution in [0.3, 0.4) is 0 Å². The van der Waals surface area contributed by atoms with Gasteiger partial charge in [0.2, 0.25) is 5.91 Å². The molecular formula is C32H38N2O2. The Kier molecular flexibility index (Phi) is 7.00. The predicted molar refractivity (Wildman–Crippen MR) is 145 cm³/mol. The normalized spacial score (nSPS) is 21.7. The zero-order valence-electron chi connectivity index (χ0n) is 21.5. The topological polar surface area (TPSA) is 43.8 Å². The Bertz CT molecular complexity index is 1100. The van der Waals surface area contributed by atoms with E-state index in [4.69, 9.17) is 0 Å². The van der Waals surface area contributed by atoms with E-state index in [0.717, 1.165) is 62.1 Å². The minimum atomic E-state index is -0.743. The van der Waals surface area contributed by atoms with Gasteiger partial charge in [0.25, 0.3) is 0 Å². The van der Waals surface area contributed by atoms with Crippen molar-refractivity contribution in [1.29, 1.82) is 0 Å². The van der Waals surface area contributed by atoms with Crippen molar-refractivity contribution in [1.82, 2.24) is 9.80 Å². The van der Waals surface area contributed by atoms with Gasteiger partial charge >= 0.3 is 0 Å². The van der Waals surface area contributed by atoms with Crippen LogP contribution in [0, 0.1) is 5.92 Å². The Morgan fingerprint density at radius 2 is 1.28 bits per heavy atom. The number of rotatable bonds is 7. The standard InChI is InChI=1S/C32H38N2O2/c1-25(2)34-24-29(18-21-33-22-19-31(36,20-23-33)26-12-6-3-7-13-26)32(30(34)35,27-14-8-4-9-15-27)28-16-10-5-11-17-28/h3-17,25,29,36H,18-24H2,1-2H3. The lowest BCUT2D eigenvalue weighted by atomic mass is 9.66. The maximum absolute atomic E-state index is 14.3. The summed E-state index contributed by atoms with van der Waals surface area (Å²) in [5.74, 6) is 0.393. The van der Waals surface area contributed by atoms with Crippen LogP contribution < -0.4 is 0 Å². The number of carbonyl (C=O) groups excluding carboxylic acids is 1. The molecule has 0 spiro atoms. The molecule has 0 saturated carbocycles. The lowest BCUT2D eigenvalue weighted by Crippen LogP contribution is -2.45. The Hall–Kier alpha value is -2.95. The van der Waals surface area contributed by atoms with Crippen LogP contribution in [0.4, 0.5) is 0 Å². The van der Waals surface area contributed by atoms with Crippen molar-refractivity contribution in [2.45, 2.75) is 50.2 Å². The Labute approximate surface area is 215 Å². The first-order chi connectivity index (χ1) is 17.4. The summed E-state index contributed by atoms with van der Waals surface area (Å²) in [5.41, 5.74) is 1.78. The quantitative estimate of drug-likeness (QED) is 0.503. The van der Waals surface area contributed by atoms with E-state index in [0.29, 0.717) is 0 Å². The third-order valence-corrected chi connectivity index (χ3v) is 8.50. The van der Waals surface area contributed by atoms with Gasteiger partial charge in [-0.3, -0.25) is 4.79 Å². The first kappa shape index (κ1) is 24.7. The lowest BCUT2D eigenvalue weighted by Gasteiger charge is -2.40. The van der Waals surface area contributed by atoms with Crippen molar-refractivity contribution < 1.29 is 9.90 Å². The van der Waals surface area contributed by atoms with Crippen LogP contribution >= 0.6 is 0 Å². The van der Waals surface area contributed by atoms with E-state index in [-0.39, 0.29) is 17.9 Å². The maximum Gasteiger partial charge on any atom is 0.238 e. The molecule has 188 valence electrons. The zero-order valence-corrected chi connectivity index (χ0v) is 21.5. The van der Waals surface area contributed by atoms with Crippen LogP contribution in [-0.2, 0) is 15.8 Å². The van der Waals surface area contributed by atoms with E-state index < -0.39 is 11.0 Å². The molecule has 1 N–H and O–H groups in total. The van der Waals surface area contributed by atoms with Gasteiger partial charge in [-0.2, -0.15) is 0 Å². The smallest absolute Gasteiger partial charge is 0.238 e. The monoisotopic (exact) mass is 482 g/mol. The summed E-state index contributed by atoms with van der Waals surface area (Å²) >= 11 is 0. The number of hydrogen-bond acceptors (Lipinski definition) is 3. The molecule has 1 unspecified atom stereocenters. The third-order valence-electron chi connectivity index (χ3n) is 8.50. The molecule has 1 amide bonds. The predicted octanol–water partition coefficient (Wildman–Crippen LogP) is 5.21. The van der Waals surface area contributed by atoms with Gasteiger partial charge in [-0.05, 0) is 56.3 Å². The summed E-state index contributed by atoms with van der Waals surface area (Å²) in [5, 5.41) is 11.3. The summed E-state index contributed by atoms with van der Waals surface area (Å²) in [7, 11) is 0. The first-order valence-corrected chi connectivity index (χ1v) is 13.4. The molecule has 0 radical (unpaired) electrons. The number of nitrogens with zero attached hydrogens (tertiary/aromatic N) is 2. The maximum atomic E-state index is 14.3. The van der Waals surface area contributed by atoms with Crippen molar-refractivity contribution >= 4 is 5.91 Å². The Balaban J connectivity index is 1.40. The van der Waals surface area contributed by atoms with Gasteiger partial charge in [-0.1, -0.05) is 91.0 Å². The second-order valence-corrected chi connectivity index (χ2v) is 10.8. The van der Waals surface area contributed by atoms with E-state index in [9.17, 15) is 9.90 Å². The number of aliphatic hydroxyl groups is 1. The van der Waals surface area contributed by atoms with Gasteiger partial charge in [0.15, 0.2) is 0 Å². The van der Waals surface area contributed by atoms with Crippen molar-refractivity contribution in [2.75, 3.05) is 26.2 Å². The fraction of sp³-hybridized carbons (Fsp3) is 0.406. The van der Waals surface area contributed by atoms with Gasteiger partial charge < -0.3 is 14.9 Å². The highest BCUT2D eigenvalue weighted by Crippen LogP contribution is 2.48. The summed E-state index contributed by atoms with van der Waals surface area (Å²) in [6.07, 6.45) is 2.41. The molecule has 4 heteroatoms. The van der Waals surface area contributed by atoms with Crippen LogP contribution in [0.1, 0.15) is 49.8 Å². The molecule has 2 aliphatic heterocycles. The zero-order chi connectivity index (χ0) is 25.2. The molecule has 0 aliphatic carbocycles. The SMILES string of the molecule is CC(C)N1CC(CCN2CCC(O)(c3ccccc3)CC2)C(c2ccccc2)(c2ccccc2)C1=O. The molecule has 0 bridgehead atoms. The molecule has 2 aliphatic rings. The van der Waals surface area contributed by atoms with Crippen LogP contribution in [-0.4, -0.2) is 53.0 Å². The average molecular weight is 483 g/mol. The van der Waals surface area contributed by atoms with Crippen LogP contribution in [0.2, 0.25) is 0 Å². The van der Waals surface area contributed by atoms with E-state index >= 15 is 0 Å². The van der Waals surface area contributed by atoms with Gasteiger partial charge in [-0.15, -0.1) is 0 Å². The number of amides is 1. The van der Waals surface area contributed by atoms with Gasteiger partial charge in [-0.25, -0.2) is 0 Å². The van der Waals surface area contributed by atoms with Crippen molar-refractivity contribution in [2.24, 2.45) is 5.92 Å². The number of hydrogen-bond donors (Lipinski definition) is 1. The largest absolute Gasteiger partial charge is 0.385 e. The van der Waals surface area contributed by atoms with Gasteiger partial charge in [0.1, 0.15) is 5.41 Å². The van der Waals surface area contributed by atoms with Crippen molar-refractivity contribution in [3.63, 3.8) is 0 Å². The molecule has 1 atom stereocenters. The molecule has 2 heterocycles.